The molecular formula is C15H12N2O3S. The number of benzene rings is 1. The maximum absolute atomic E-state index is 10.8. The van der Waals surface area contributed by atoms with Gasteiger partial charge in [-0.3, -0.25) is 4.28 Å². The third-order valence-corrected chi connectivity index (χ3v) is 2.95. The smallest absolute Gasteiger partial charge is 0.268 e. The van der Waals surface area contributed by atoms with E-state index in [0.29, 0.717) is 11.3 Å². The van der Waals surface area contributed by atoms with Crippen molar-refractivity contribution in [3.8, 4) is 6.07 Å². The fourth-order valence-electron chi connectivity index (χ4n) is 1.70. The second-order valence-corrected chi connectivity index (χ2v) is 5.83. The fraction of sp³-hybridized carbons (Fsp3) is 0.0667. The molecule has 21 heavy (non-hydrogen) atoms. The van der Waals surface area contributed by atoms with Gasteiger partial charge in [0.05, 0.1) is 11.8 Å². The Hall–Kier alpha value is -2.65. The molecule has 106 valence electrons. The highest BCUT2D eigenvalue weighted by Crippen LogP contribution is 2.21. The van der Waals surface area contributed by atoms with Crippen LogP contribution in [0.25, 0.3) is 5.57 Å². The third-order valence-electron chi connectivity index (χ3n) is 2.61. The second kappa shape index (κ2) is 6.20. The van der Waals surface area contributed by atoms with Crippen molar-refractivity contribution >= 4 is 21.4 Å². The quantitative estimate of drug-likeness (QED) is 0.634. The van der Waals surface area contributed by atoms with Crippen LogP contribution in [0.2, 0.25) is 0 Å². The molecule has 1 aliphatic rings. The van der Waals surface area contributed by atoms with E-state index in [2.05, 4.69) is 15.5 Å². The summed E-state index contributed by atoms with van der Waals surface area (Å²) in [6.07, 6.45) is 7.47. The average Bonchev–Trinajstić information content (AvgIpc) is 2.47. The highest BCUT2D eigenvalue weighted by molar-refractivity contribution is 7.85. The van der Waals surface area contributed by atoms with E-state index in [1.54, 1.807) is 24.3 Å². The minimum Gasteiger partial charge on any atom is -0.268 e. The number of oxime groups is 1. The van der Waals surface area contributed by atoms with Crippen LogP contribution in [0, 0.1) is 11.3 Å². The number of nitriles is 1. The number of hydrogen-bond donors (Lipinski definition) is 0. The van der Waals surface area contributed by atoms with Crippen LogP contribution in [0.1, 0.15) is 5.56 Å². The molecule has 0 unspecified atom stereocenters. The summed E-state index contributed by atoms with van der Waals surface area (Å²) in [6, 6.07) is 11.5. The maximum atomic E-state index is 10.8. The summed E-state index contributed by atoms with van der Waals surface area (Å²) in [5, 5.41) is 12.8. The molecule has 0 fully saturated rings. The second-order valence-electron chi connectivity index (χ2n) is 4.27. The predicted octanol–water partition coefficient (Wildman–Crippen LogP) is 2.42. The Morgan fingerprint density at radius 2 is 1.76 bits per heavy atom. The van der Waals surface area contributed by atoms with Crippen molar-refractivity contribution < 1.29 is 12.7 Å². The molecule has 6 heteroatoms. The molecule has 1 aromatic carbocycles. The first-order chi connectivity index (χ1) is 9.99. The molecule has 0 aliphatic heterocycles. The molecule has 5 nitrogen and oxygen atoms in total. The van der Waals surface area contributed by atoms with E-state index in [0.717, 1.165) is 17.4 Å². The Balaban J connectivity index is 2.28. The standard InChI is InChI=1S/C15H12N2O3S/c1-21(18,19)20-17-14-9-7-13(8-10-14)15(11-16)12-5-3-2-4-6-12/h2-10H,1H3. The summed E-state index contributed by atoms with van der Waals surface area (Å²) in [4.78, 5) is 0. The first kappa shape index (κ1) is 14.8. The van der Waals surface area contributed by atoms with Crippen molar-refractivity contribution in [2.75, 3.05) is 6.26 Å². The van der Waals surface area contributed by atoms with E-state index < -0.39 is 10.1 Å². The average molecular weight is 300 g/mol. The Bertz CT molecular complexity index is 777. The monoisotopic (exact) mass is 300 g/mol. The molecule has 0 atom stereocenters. The van der Waals surface area contributed by atoms with E-state index in [1.807, 2.05) is 30.3 Å². The topological polar surface area (TPSA) is 79.5 Å². The predicted molar refractivity (Wildman–Crippen MR) is 80.6 cm³/mol. The SMILES string of the molecule is CS(=O)(=O)ON=C1C=CC(=C(C#N)c2ccccc2)C=C1. The molecule has 0 N–H and O–H groups in total. The van der Waals surface area contributed by atoms with Crippen molar-refractivity contribution in [3.05, 3.63) is 65.8 Å². The first-order valence-corrected chi connectivity index (χ1v) is 7.84. The summed E-state index contributed by atoms with van der Waals surface area (Å²) in [7, 11) is -3.62. The largest absolute Gasteiger partial charge is 0.325 e. The zero-order chi connectivity index (χ0) is 15.3. The Morgan fingerprint density at radius 3 is 2.29 bits per heavy atom. The molecule has 0 amide bonds. The number of rotatable bonds is 3. The van der Waals surface area contributed by atoms with Gasteiger partial charge in [0.1, 0.15) is 11.8 Å². The Labute approximate surface area is 123 Å². The molecular weight excluding hydrogens is 288 g/mol. The lowest BCUT2D eigenvalue weighted by atomic mass is 9.97. The molecule has 0 heterocycles. The number of nitrogens with zero attached hydrogens (tertiary/aromatic N) is 2. The van der Waals surface area contributed by atoms with E-state index in [-0.39, 0.29) is 0 Å². The lowest BCUT2D eigenvalue weighted by Gasteiger charge is -2.06. The summed E-state index contributed by atoms with van der Waals surface area (Å²) in [6.45, 7) is 0. The van der Waals surface area contributed by atoms with Gasteiger partial charge in [-0.05, 0) is 23.3 Å². The van der Waals surface area contributed by atoms with Crippen molar-refractivity contribution in [1.29, 1.82) is 5.26 Å². The van der Waals surface area contributed by atoms with E-state index in [9.17, 15) is 13.7 Å². The zero-order valence-electron chi connectivity index (χ0n) is 11.2. The van der Waals surface area contributed by atoms with Gasteiger partial charge in [0.2, 0.25) is 0 Å². The van der Waals surface area contributed by atoms with Gasteiger partial charge in [-0.2, -0.15) is 13.7 Å². The highest BCUT2D eigenvalue weighted by atomic mass is 32.2. The molecule has 2 rings (SSSR count). The molecule has 0 aromatic heterocycles. The van der Waals surface area contributed by atoms with Crippen molar-refractivity contribution in [2.24, 2.45) is 5.16 Å². The van der Waals surface area contributed by atoms with Gasteiger partial charge in [0.25, 0.3) is 0 Å². The van der Waals surface area contributed by atoms with E-state index >= 15 is 0 Å². The van der Waals surface area contributed by atoms with Gasteiger partial charge < -0.3 is 0 Å². The van der Waals surface area contributed by atoms with Crippen LogP contribution in [0.4, 0.5) is 0 Å². The zero-order valence-corrected chi connectivity index (χ0v) is 12.0. The molecule has 0 bridgehead atoms. The van der Waals surface area contributed by atoms with Crippen LogP contribution in [0.15, 0.2) is 65.4 Å². The summed E-state index contributed by atoms with van der Waals surface area (Å²) in [5.74, 6) is 0. The fourth-order valence-corrected chi connectivity index (χ4v) is 1.92. The van der Waals surface area contributed by atoms with Gasteiger partial charge in [-0.25, -0.2) is 0 Å². The first-order valence-electron chi connectivity index (χ1n) is 6.02. The van der Waals surface area contributed by atoms with Crippen LogP contribution in [0.3, 0.4) is 0 Å². The normalized spacial score (nSPS) is 13.7. The minimum atomic E-state index is -3.62. The van der Waals surface area contributed by atoms with E-state index in [4.69, 9.17) is 0 Å². The molecule has 0 spiro atoms. The van der Waals surface area contributed by atoms with Gasteiger partial charge in [0, 0.05) is 0 Å². The Kier molecular flexibility index (Phi) is 4.36. The van der Waals surface area contributed by atoms with Crippen LogP contribution in [-0.4, -0.2) is 20.4 Å². The van der Waals surface area contributed by atoms with Gasteiger partial charge in [0.15, 0.2) is 0 Å². The maximum Gasteiger partial charge on any atom is 0.325 e. The van der Waals surface area contributed by atoms with E-state index in [1.165, 1.54) is 0 Å². The number of allylic oxidation sites excluding steroid dienone is 6. The minimum absolute atomic E-state index is 0.356. The molecule has 0 saturated carbocycles. The molecule has 1 aliphatic carbocycles. The van der Waals surface area contributed by atoms with Crippen LogP contribution >= 0.6 is 0 Å². The summed E-state index contributed by atoms with van der Waals surface area (Å²) >= 11 is 0. The Morgan fingerprint density at radius 1 is 1.14 bits per heavy atom. The van der Waals surface area contributed by atoms with Gasteiger partial charge in [-0.1, -0.05) is 47.6 Å². The van der Waals surface area contributed by atoms with Crippen molar-refractivity contribution in [3.63, 3.8) is 0 Å². The lowest BCUT2D eigenvalue weighted by molar-refractivity contribution is 0.344. The van der Waals surface area contributed by atoms with Crippen molar-refractivity contribution in [2.45, 2.75) is 0 Å². The van der Waals surface area contributed by atoms with Gasteiger partial charge >= 0.3 is 10.1 Å². The third kappa shape index (κ3) is 4.16. The molecule has 0 saturated heterocycles. The molecule has 0 radical (unpaired) electrons. The summed E-state index contributed by atoms with van der Waals surface area (Å²) < 4.78 is 26.0. The van der Waals surface area contributed by atoms with Crippen LogP contribution in [-0.2, 0) is 14.4 Å². The molecule has 1 aromatic rings. The van der Waals surface area contributed by atoms with Crippen LogP contribution < -0.4 is 0 Å². The summed E-state index contributed by atoms with van der Waals surface area (Å²) in [5.41, 5.74) is 2.43. The number of hydrogen-bond acceptors (Lipinski definition) is 5. The lowest BCUT2D eigenvalue weighted by Crippen LogP contribution is -2.01. The van der Waals surface area contributed by atoms with Crippen molar-refractivity contribution in [1.82, 2.24) is 0 Å². The van der Waals surface area contributed by atoms with Crippen LogP contribution in [0.5, 0.6) is 0 Å². The highest BCUT2D eigenvalue weighted by Gasteiger charge is 2.08. The van der Waals surface area contributed by atoms with Gasteiger partial charge in [-0.15, -0.1) is 0 Å².